The second-order valence-electron chi connectivity index (χ2n) is 7.24. The Bertz CT molecular complexity index is 1200. The third kappa shape index (κ3) is 5.74. The minimum Gasteiger partial charge on any atom is -0.495 e. The molecular weight excluding hydrogens is 430 g/mol. The normalized spacial score (nSPS) is 11.0. The number of rotatable bonds is 6. The van der Waals surface area contributed by atoms with Crippen molar-refractivity contribution in [2.45, 2.75) is 25.7 Å². The molecule has 3 rings (SSSR count). The fourth-order valence-corrected chi connectivity index (χ4v) is 4.81. The van der Waals surface area contributed by atoms with E-state index in [1.54, 1.807) is 49.4 Å². The summed E-state index contributed by atoms with van der Waals surface area (Å²) in [5.74, 6) is 0.442. The first-order chi connectivity index (χ1) is 14.7. The molecule has 3 aromatic rings. The van der Waals surface area contributed by atoms with E-state index in [1.165, 1.54) is 7.11 Å². The summed E-state index contributed by atoms with van der Waals surface area (Å²) in [7, 11) is -2.35. The molecule has 6 nitrogen and oxygen atoms in total. The number of para-hydroxylation sites is 2. The number of hydrogen-bond donors (Lipinski definition) is 3. The van der Waals surface area contributed by atoms with Gasteiger partial charge in [0.2, 0.25) is 0 Å². The fourth-order valence-electron chi connectivity index (χ4n) is 3.24. The van der Waals surface area contributed by atoms with Crippen LogP contribution in [0.25, 0.3) is 0 Å². The van der Waals surface area contributed by atoms with Crippen molar-refractivity contribution in [1.29, 1.82) is 0 Å². The highest BCUT2D eigenvalue weighted by Crippen LogP contribution is 2.28. The molecule has 3 N–H and O–H groups in total. The zero-order valence-corrected chi connectivity index (χ0v) is 19.4. The fraction of sp³-hybridized carbons (Fsp3) is 0.174. The Kier molecular flexibility index (Phi) is 6.82. The van der Waals surface area contributed by atoms with Crippen molar-refractivity contribution in [1.82, 2.24) is 0 Å². The van der Waals surface area contributed by atoms with E-state index < -0.39 is 10.0 Å². The first kappa shape index (κ1) is 22.6. The van der Waals surface area contributed by atoms with Gasteiger partial charge >= 0.3 is 0 Å². The molecule has 0 saturated heterocycles. The number of sulfonamides is 1. The molecule has 0 atom stereocenters. The number of benzene rings is 3. The van der Waals surface area contributed by atoms with Gasteiger partial charge in [-0.1, -0.05) is 24.3 Å². The van der Waals surface area contributed by atoms with Gasteiger partial charge in [0.25, 0.3) is 10.0 Å². The highest BCUT2D eigenvalue weighted by Gasteiger charge is 2.19. The lowest BCUT2D eigenvalue weighted by Crippen LogP contribution is -2.20. The SMILES string of the molecule is COc1ccccc1NS(=O)(=O)c1cc(NC(=S)Nc2cc(C)cc(C)c2)ccc1C. The van der Waals surface area contributed by atoms with Crippen LogP contribution in [0.4, 0.5) is 17.1 Å². The highest BCUT2D eigenvalue weighted by molar-refractivity contribution is 7.92. The smallest absolute Gasteiger partial charge is 0.262 e. The van der Waals surface area contributed by atoms with Crippen LogP contribution in [0.5, 0.6) is 5.75 Å². The van der Waals surface area contributed by atoms with Crippen molar-refractivity contribution < 1.29 is 13.2 Å². The van der Waals surface area contributed by atoms with Gasteiger partial charge in [0.1, 0.15) is 5.75 Å². The van der Waals surface area contributed by atoms with Crippen molar-refractivity contribution in [3.8, 4) is 5.75 Å². The van der Waals surface area contributed by atoms with E-state index in [-0.39, 0.29) is 4.90 Å². The molecule has 0 heterocycles. The van der Waals surface area contributed by atoms with Crippen LogP contribution in [0.2, 0.25) is 0 Å². The van der Waals surface area contributed by atoms with E-state index in [2.05, 4.69) is 21.4 Å². The summed E-state index contributed by atoms with van der Waals surface area (Å²) < 4.78 is 33.9. The summed E-state index contributed by atoms with van der Waals surface area (Å²) in [6.07, 6.45) is 0. The Balaban J connectivity index is 1.81. The van der Waals surface area contributed by atoms with Gasteiger partial charge in [0, 0.05) is 11.4 Å². The molecule has 0 fully saturated rings. The average Bonchev–Trinajstić information content (AvgIpc) is 2.68. The van der Waals surface area contributed by atoms with Crippen LogP contribution in [0.3, 0.4) is 0 Å². The zero-order chi connectivity index (χ0) is 22.6. The van der Waals surface area contributed by atoms with Crippen molar-refractivity contribution in [3.05, 3.63) is 77.4 Å². The third-order valence-corrected chi connectivity index (χ3v) is 6.28. The average molecular weight is 456 g/mol. The van der Waals surface area contributed by atoms with Crippen molar-refractivity contribution in [2.75, 3.05) is 22.5 Å². The van der Waals surface area contributed by atoms with Gasteiger partial charge in [-0.05, 0) is 86.1 Å². The number of anilines is 3. The Hall–Kier alpha value is -3.10. The predicted molar refractivity (Wildman–Crippen MR) is 131 cm³/mol. The number of nitrogens with one attached hydrogen (secondary N) is 3. The lowest BCUT2D eigenvalue weighted by molar-refractivity contribution is 0.417. The van der Waals surface area contributed by atoms with Crippen molar-refractivity contribution >= 4 is 44.4 Å². The topological polar surface area (TPSA) is 79.5 Å². The van der Waals surface area contributed by atoms with E-state index in [4.69, 9.17) is 17.0 Å². The quantitative estimate of drug-likeness (QED) is 0.442. The van der Waals surface area contributed by atoms with Gasteiger partial charge in [-0.15, -0.1) is 0 Å². The lowest BCUT2D eigenvalue weighted by atomic mass is 10.1. The number of ether oxygens (including phenoxy) is 1. The maximum absolute atomic E-state index is 13.1. The van der Waals surface area contributed by atoms with Gasteiger partial charge in [0.15, 0.2) is 5.11 Å². The second kappa shape index (κ2) is 9.36. The van der Waals surface area contributed by atoms with Crippen LogP contribution >= 0.6 is 12.2 Å². The van der Waals surface area contributed by atoms with Crippen LogP contribution in [-0.2, 0) is 10.0 Å². The first-order valence-electron chi connectivity index (χ1n) is 9.61. The van der Waals surface area contributed by atoms with Gasteiger partial charge < -0.3 is 15.4 Å². The molecule has 0 aliphatic carbocycles. The Labute approximate surface area is 188 Å². The maximum atomic E-state index is 13.1. The maximum Gasteiger partial charge on any atom is 0.262 e. The molecule has 8 heteroatoms. The summed E-state index contributed by atoms with van der Waals surface area (Å²) in [6, 6.07) is 18.0. The summed E-state index contributed by atoms with van der Waals surface area (Å²) in [5, 5.41) is 6.57. The van der Waals surface area contributed by atoms with Crippen molar-refractivity contribution in [3.63, 3.8) is 0 Å². The minimum atomic E-state index is -3.84. The molecule has 0 unspecified atom stereocenters. The van der Waals surface area contributed by atoms with Crippen molar-refractivity contribution in [2.24, 2.45) is 0 Å². The minimum absolute atomic E-state index is 0.151. The number of methoxy groups -OCH3 is 1. The molecule has 0 aromatic heterocycles. The van der Waals surface area contributed by atoms with Crippen LogP contribution in [0.15, 0.2) is 65.6 Å². The molecular formula is C23H25N3O3S2. The summed E-state index contributed by atoms with van der Waals surface area (Å²) >= 11 is 5.41. The van der Waals surface area contributed by atoms with Crippen LogP contribution in [-0.4, -0.2) is 20.6 Å². The molecule has 0 radical (unpaired) electrons. The number of thiocarbonyl (C=S) groups is 1. The number of hydrogen-bond acceptors (Lipinski definition) is 4. The lowest BCUT2D eigenvalue weighted by Gasteiger charge is -2.16. The Morgan fingerprint density at radius 2 is 1.52 bits per heavy atom. The van der Waals surface area contributed by atoms with E-state index in [0.717, 1.165) is 16.8 Å². The molecule has 162 valence electrons. The molecule has 0 bridgehead atoms. The molecule has 3 aromatic carbocycles. The highest BCUT2D eigenvalue weighted by atomic mass is 32.2. The monoisotopic (exact) mass is 455 g/mol. The summed E-state index contributed by atoms with van der Waals surface area (Å²) in [4.78, 5) is 0.151. The largest absolute Gasteiger partial charge is 0.495 e. The van der Waals surface area contributed by atoms with E-state index in [1.807, 2.05) is 26.0 Å². The molecule has 0 aliphatic rings. The summed E-state index contributed by atoms with van der Waals surface area (Å²) in [6.45, 7) is 5.77. The standard InChI is InChI=1S/C23H25N3O3S2/c1-15-11-16(2)13-19(12-15)25-23(30)24-18-10-9-17(3)22(14-18)31(27,28)26-20-7-5-6-8-21(20)29-4/h5-14,26H,1-4H3,(H2,24,25,30). The van der Waals surface area contributed by atoms with Gasteiger partial charge in [-0.3, -0.25) is 4.72 Å². The molecule has 0 amide bonds. The van der Waals surface area contributed by atoms with Crippen LogP contribution in [0, 0.1) is 20.8 Å². The second-order valence-corrected chi connectivity index (χ2v) is 9.30. The molecule has 0 aliphatic heterocycles. The van der Waals surface area contributed by atoms with Gasteiger partial charge in [-0.2, -0.15) is 0 Å². The summed E-state index contributed by atoms with van der Waals surface area (Å²) in [5.41, 5.74) is 4.66. The molecule has 0 saturated carbocycles. The third-order valence-electron chi connectivity index (χ3n) is 4.57. The van der Waals surface area contributed by atoms with Crippen LogP contribution < -0.4 is 20.1 Å². The first-order valence-corrected chi connectivity index (χ1v) is 11.5. The van der Waals surface area contributed by atoms with Gasteiger partial charge in [-0.25, -0.2) is 8.42 Å². The van der Waals surface area contributed by atoms with E-state index in [9.17, 15) is 8.42 Å². The number of aryl methyl sites for hydroxylation is 3. The Morgan fingerprint density at radius 3 is 2.19 bits per heavy atom. The zero-order valence-electron chi connectivity index (χ0n) is 17.8. The molecule has 0 spiro atoms. The van der Waals surface area contributed by atoms with Gasteiger partial charge in [0.05, 0.1) is 17.7 Å². The van der Waals surface area contributed by atoms with E-state index >= 15 is 0 Å². The molecule has 31 heavy (non-hydrogen) atoms. The van der Waals surface area contributed by atoms with Crippen LogP contribution in [0.1, 0.15) is 16.7 Å². The Morgan fingerprint density at radius 1 is 0.871 bits per heavy atom. The van der Waals surface area contributed by atoms with E-state index in [0.29, 0.717) is 27.8 Å². The predicted octanol–water partition coefficient (Wildman–Crippen LogP) is 5.23.